The maximum Gasteiger partial charge on any atom is 0.329 e. The second kappa shape index (κ2) is 5.84. The average Bonchev–Trinajstić information content (AvgIpc) is 2.28. The Morgan fingerprint density at radius 3 is 2.56 bits per heavy atom. The molecule has 0 bridgehead atoms. The van der Waals surface area contributed by atoms with E-state index in [1.54, 1.807) is 6.92 Å². The van der Waals surface area contributed by atoms with Gasteiger partial charge in [-0.15, -0.1) is 0 Å². The first-order chi connectivity index (χ1) is 8.38. The molecule has 0 radical (unpaired) electrons. The zero-order valence-corrected chi connectivity index (χ0v) is 10.9. The van der Waals surface area contributed by atoms with E-state index in [1.807, 2.05) is 0 Å². The maximum absolute atomic E-state index is 12.0. The van der Waals surface area contributed by atoms with Gasteiger partial charge in [0.05, 0.1) is 0 Å². The zero-order valence-electron chi connectivity index (χ0n) is 10.9. The van der Waals surface area contributed by atoms with Crippen molar-refractivity contribution in [2.75, 3.05) is 13.1 Å². The fourth-order valence-corrected chi connectivity index (χ4v) is 2.22. The molecule has 6 heteroatoms. The van der Waals surface area contributed by atoms with E-state index in [9.17, 15) is 19.5 Å². The summed E-state index contributed by atoms with van der Waals surface area (Å²) in [5.41, 5.74) is -1.11. The quantitative estimate of drug-likeness (QED) is 0.760. The molecule has 1 unspecified atom stereocenters. The number of nitrogens with one attached hydrogen (secondary N) is 1. The Balaban J connectivity index is 2.63. The molecule has 0 aromatic rings. The molecule has 0 aliphatic carbocycles. The highest BCUT2D eigenvalue weighted by Crippen LogP contribution is 2.28. The lowest BCUT2D eigenvalue weighted by atomic mass is 9.88. The molecular formula is C12H20N2O4. The number of carboxylic acid groups (broad SMARTS) is 1. The Morgan fingerprint density at radius 2 is 2.00 bits per heavy atom. The van der Waals surface area contributed by atoms with Crippen LogP contribution >= 0.6 is 0 Å². The molecule has 0 aromatic heterocycles. The van der Waals surface area contributed by atoms with Crippen molar-refractivity contribution < 1.29 is 19.5 Å². The highest BCUT2D eigenvalue weighted by atomic mass is 16.4. The van der Waals surface area contributed by atoms with E-state index in [-0.39, 0.29) is 24.8 Å². The number of aliphatic carboxylic acids is 1. The van der Waals surface area contributed by atoms with Gasteiger partial charge in [0, 0.05) is 26.4 Å². The molecule has 1 atom stereocenters. The van der Waals surface area contributed by atoms with Crippen LogP contribution in [0.5, 0.6) is 0 Å². The molecular weight excluding hydrogens is 236 g/mol. The molecule has 0 saturated carbocycles. The predicted octanol–water partition coefficient (Wildman–Crippen LogP) is 0.368. The third-order valence-corrected chi connectivity index (χ3v) is 3.37. The minimum atomic E-state index is -1.11. The van der Waals surface area contributed by atoms with Crippen LogP contribution in [0.25, 0.3) is 0 Å². The summed E-state index contributed by atoms with van der Waals surface area (Å²) >= 11 is 0. The number of amides is 2. The summed E-state index contributed by atoms with van der Waals surface area (Å²) in [4.78, 5) is 35.5. The van der Waals surface area contributed by atoms with Gasteiger partial charge in [0.25, 0.3) is 0 Å². The molecule has 1 saturated heterocycles. The normalized spacial score (nSPS) is 23.6. The predicted molar refractivity (Wildman–Crippen MR) is 64.9 cm³/mol. The van der Waals surface area contributed by atoms with Crippen molar-refractivity contribution in [3.63, 3.8) is 0 Å². The van der Waals surface area contributed by atoms with Gasteiger partial charge in [0.2, 0.25) is 11.8 Å². The van der Waals surface area contributed by atoms with Gasteiger partial charge in [-0.1, -0.05) is 0 Å². The van der Waals surface area contributed by atoms with Crippen molar-refractivity contribution in [1.29, 1.82) is 0 Å². The Hall–Kier alpha value is -1.59. The Labute approximate surface area is 106 Å². The summed E-state index contributed by atoms with van der Waals surface area (Å²) < 4.78 is 0. The Kier molecular flexibility index (Phi) is 4.69. The molecule has 102 valence electrons. The van der Waals surface area contributed by atoms with Crippen molar-refractivity contribution >= 4 is 17.8 Å². The third kappa shape index (κ3) is 3.21. The van der Waals surface area contributed by atoms with Crippen molar-refractivity contribution in [1.82, 2.24) is 10.2 Å². The number of carboxylic acids is 1. The first-order valence-electron chi connectivity index (χ1n) is 6.16. The number of carbonyl (C=O) groups is 3. The molecule has 0 spiro atoms. The topological polar surface area (TPSA) is 86.7 Å². The van der Waals surface area contributed by atoms with Gasteiger partial charge < -0.3 is 15.3 Å². The average molecular weight is 256 g/mol. The third-order valence-electron chi connectivity index (χ3n) is 3.37. The molecule has 1 aliphatic rings. The van der Waals surface area contributed by atoms with E-state index in [4.69, 9.17) is 0 Å². The lowest BCUT2D eigenvalue weighted by molar-refractivity contribution is -0.161. The minimum Gasteiger partial charge on any atom is -0.480 e. The van der Waals surface area contributed by atoms with E-state index < -0.39 is 11.5 Å². The molecule has 0 aromatic carbocycles. The molecule has 1 heterocycles. The molecule has 1 aliphatic heterocycles. The number of piperidine rings is 1. The van der Waals surface area contributed by atoms with Gasteiger partial charge in [-0.25, -0.2) is 4.79 Å². The van der Waals surface area contributed by atoms with Crippen molar-refractivity contribution in [2.24, 2.45) is 0 Å². The molecule has 2 N–H and O–H groups in total. The summed E-state index contributed by atoms with van der Waals surface area (Å²) in [5, 5.41) is 11.8. The summed E-state index contributed by atoms with van der Waals surface area (Å²) in [6.07, 6.45) is 2.27. The second-order valence-corrected chi connectivity index (χ2v) is 4.81. The van der Waals surface area contributed by atoms with Crippen LogP contribution in [0, 0.1) is 0 Å². The molecule has 1 rings (SSSR count). The van der Waals surface area contributed by atoms with Crippen LogP contribution in [0.3, 0.4) is 0 Å². The van der Waals surface area contributed by atoms with E-state index in [1.165, 1.54) is 11.8 Å². The van der Waals surface area contributed by atoms with Crippen LogP contribution in [0.2, 0.25) is 0 Å². The first-order valence-corrected chi connectivity index (χ1v) is 6.16. The molecule has 6 nitrogen and oxygen atoms in total. The monoisotopic (exact) mass is 256 g/mol. The number of carbonyl (C=O) groups excluding carboxylic acids is 2. The summed E-state index contributed by atoms with van der Waals surface area (Å²) in [5.74, 6) is -1.37. The number of hydrogen-bond donors (Lipinski definition) is 2. The molecule has 2 amide bonds. The van der Waals surface area contributed by atoms with Gasteiger partial charge in [0.1, 0.15) is 5.54 Å². The number of rotatable bonds is 4. The lowest BCUT2D eigenvalue weighted by Crippen LogP contribution is -2.57. The molecule has 1 fully saturated rings. The van der Waals surface area contributed by atoms with Crippen LogP contribution in [-0.4, -0.2) is 46.4 Å². The van der Waals surface area contributed by atoms with Gasteiger partial charge >= 0.3 is 5.97 Å². The number of hydrogen-bond acceptors (Lipinski definition) is 3. The van der Waals surface area contributed by atoms with E-state index in [0.29, 0.717) is 13.0 Å². The fraction of sp³-hybridized carbons (Fsp3) is 0.750. The summed E-state index contributed by atoms with van der Waals surface area (Å²) in [6, 6.07) is 0. The minimum absolute atomic E-state index is 0.141. The first kappa shape index (κ1) is 14.5. The largest absolute Gasteiger partial charge is 0.480 e. The number of nitrogens with zero attached hydrogens (tertiary/aromatic N) is 1. The van der Waals surface area contributed by atoms with Crippen LogP contribution < -0.4 is 5.32 Å². The van der Waals surface area contributed by atoms with E-state index >= 15 is 0 Å². The van der Waals surface area contributed by atoms with Crippen molar-refractivity contribution in [3.05, 3.63) is 0 Å². The summed E-state index contributed by atoms with van der Waals surface area (Å²) in [6.45, 7) is 3.69. The zero-order chi connectivity index (χ0) is 13.8. The fourth-order valence-electron chi connectivity index (χ4n) is 2.22. The Morgan fingerprint density at radius 1 is 1.33 bits per heavy atom. The second-order valence-electron chi connectivity index (χ2n) is 4.81. The van der Waals surface area contributed by atoms with Crippen molar-refractivity contribution in [2.45, 2.75) is 45.1 Å². The van der Waals surface area contributed by atoms with Gasteiger partial charge in [-0.05, 0) is 26.2 Å². The van der Waals surface area contributed by atoms with Gasteiger partial charge in [0.15, 0.2) is 0 Å². The van der Waals surface area contributed by atoms with Crippen LogP contribution in [-0.2, 0) is 14.4 Å². The highest BCUT2D eigenvalue weighted by Gasteiger charge is 2.43. The van der Waals surface area contributed by atoms with Gasteiger partial charge in [-0.2, -0.15) is 0 Å². The number of likely N-dealkylation sites (tertiary alicyclic amines) is 1. The smallest absolute Gasteiger partial charge is 0.329 e. The van der Waals surface area contributed by atoms with Crippen LogP contribution in [0.4, 0.5) is 0 Å². The van der Waals surface area contributed by atoms with E-state index in [0.717, 1.165) is 12.8 Å². The Bertz CT molecular complexity index is 356. The SMILES string of the molecule is CC(=O)NCCC(=O)N1CCCCC1(C)C(=O)O. The maximum atomic E-state index is 12.0. The van der Waals surface area contributed by atoms with Gasteiger partial charge in [-0.3, -0.25) is 9.59 Å². The summed E-state index contributed by atoms with van der Waals surface area (Å²) in [7, 11) is 0. The van der Waals surface area contributed by atoms with Crippen LogP contribution in [0.1, 0.15) is 39.5 Å². The molecule has 18 heavy (non-hydrogen) atoms. The van der Waals surface area contributed by atoms with Crippen LogP contribution in [0.15, 0.2) is 0 Å². The standard InChI is InChI=1S/C12H20N2O4/c1-9(15)13-7-5-10(16)14-8-4-3-6-12(14,2)11(17)18/h3-8H2,1-2H3,(H,13,15)(H,17,18). The lowest BCUT2D eigenvalue weighted by Gasteiger charge is -2.41. The highest BCUT2D eigenvalue weighted by molar-refractivity contribution is 5.87. The van der Waals surface area contributed by atoms with Crippen molar-refractivity contribution in [3.8, 4) is 0 Å². The van der Waals surface area contributed by atoms with E-state index in [2.05, 4.69) is 5.32 Å².